The molecule has 2 atom stereocenters. The van der Waals surface area contributed by atoms with Gasteiger partial charge in [0.25, 0.3) is 0 Å². The molecule has 1 unspecified atom stereocenters. The van der Waals surface area contributed by atoms with Gasteiger partial charge in [-0.15, -0.1) is 0 Å². The summed E-state index contributed by atoms with van der Waals surface area (Å²) in [6.07, 6.45) is 8.89. The van der Waals surface area contributed by atoms with Gasteiger partial charge in [0, 0.05) is 51.4 Å². The van der Waals surface area contributed by atoms with Crippen LogP contribution in [0.5, 0.6) is 0 Å². The Morgan fingerprint density at radius 2 is 1.54 bits per heavy atom. The smallest absolute Gasteiger partial charge is 0.410 e. The highest BCUT2D eigenvalue weighted by molar-refractivity contribution is 5.67. The summed E-state index contributed by atoms with van der Waals surface area (Å²) in [5.41, 5.74) is 0. The molecule has 1 heterocycles. The van der Waals surface area contributed by atoms with Gasteiger partial charge in [-0.3, -0.25) is 9.80 Å². The predicted molar refractivity (Wildman–Crippen MR) is 96.2 cm³/mol. The largest absolute Gasteiger partial charge is 0.447 e. The third-order valence-electron chi connectivity index (χ3n) is 6.26. The Hall–Kier alpha value is -0.810. The number of carbonyl (C=O) groups excluding carboxylic acids is 1. The predicted octanol–water partition coefficient (Wildman–Crippen LogP) is 2.94. The van der Waals surface area contributed by atoms with E-state index in [0.717, 1.165) is 18.9 Å². The molecular formula is C19H35N3O2. The zero-order chi connectivity index (χ0) is 17.1. The highest BCUT2D eigenvalue weighted by Crippen LogP contribution is 2.30. The van der Waals surface area contributed by atoms with Gasteiger partial charge in [-0.2, -0.15) is 0 Å². The van der Waals surface area contributed by atoms with E-state index in [9.17, 15) is 4.79 Å². The molecule has 1 aliphatic heterocycles. The van der Waals surface area contributed by atoms with Crippen molar-refractivity contribution in [1.29, 1.82) is 0 Å². The van der Waals surface area contributed by atoms with Crippen LogP contribution in [0.25, 0.3) is 0 Å². The fourth-order valence-electron chi connectivity index (χ4n) is 4.79. The van der Waals surface area contributed by atoms with Gasteiger partial charge in [0.2, 0.25) is 0 Å². The van der Waals surface area contributed by atoms with Crippen molar-refractivity contribution in [3.8, 4) is 0 Å². The van der Waals surface area contributed by atoms with Crippen LogP contribution >= 0.6 is 0 Å². The van der Waals surface area contributed by atoms with Crippen LogP contribution in [0.4, 0.5) is 4.79 Å². The first-order chi connectivity index (χ1) is 11.5. The van der Waals surface area contributed by atoms with Gasteiger partial charge >= 0.3 is 6.09 Å². The minimum absolute atomic E-state index is 0.0409. The van der Waals surface area contributed by atoms with Gasteiger partial charge < -0.3 is 9.64 Å². The quantitative estimate of drug-likeness (QED) is 0.790. The average molecular weight is 338 g/mol. The molecule has 1 saturated heterocycles. The maximum atomic E-state index is 12.1. The van der Waals surface area contributed by atoms with E-state index in [1.54, 1.807) is 0 Å². The molecule has 24 heavy (non-hydrogen) atoms. The normalized spacial score (nSPS) is 30.2. The maximum absolute atomic E-state index is 12.1. The van der Waals surface area contributed by atoms with Crippen LogP contribution in [-0.4, -0.2) is 78.2 Å². The molecule has 0 spiro atoms. The summed E-state index contributed by atoms with van der Waals surface area (Å²) < 4.78 is 5.34. The van der Waals surface area contributed by atoms with Crippen molar-refractivity contribution >= 4 is 6.09 Å². The van der Waals surface area contributed by atoms with Gasteiger partial charge in [0.05, 0.1) is 6.10 Å². The number of nitrogens with zero attached hydrogens (tertiary/aromatic N) is 3. The lowest BCUT2D eigenvalue weighted by Crippen LogP contribution is -2.52. The summed E-state index contributed by atoms with van der Waals surface area (Å²) in [6, 6.07) is 1.85. The van der Waals surface area contributed by atoms with Crippen LogP contribution in [0.15, 0.2) is 0 Å². The van der Waals surface area contributed by atoms with E-state index in [-0.39, 0.29) is 12.2 Å². The number of piperazine rings is 1. The second kappa shape index (κ2) is 8.05. The number of hydrogen-bond donors (Lipinski definition) is 0. The Kier molecular flexibility index (Phi) is 6.03. The van der Waals surface area contributed by atoms with Gasteiger partial charge in [-0.25, -0.2) is 4.79 Å². The lowest BCUT2D eigenvalue weighted by Gasteiger charge is -2.40. The lowest BCUT2D eigenvalue weighted by molar-refractivity contribution is 0.0617. The molecule has 0 radical (unpaired) electrons. The van der Waals surface area contributed by atoms with Crippen molar-refractivity contribution in [3.05, 3.63) is 0 Å². The van der Waals surface area contributed by atoms with Crippen LogP contribution in [-0.2, 0) is 4.74 Å². The average Bonchev–Trinajstić information content (AvgIpc) is 3.25. The number of rotatable bonds is 4. The molecule has 3 rings (SSSR count). The van der Waals surface area contributed by atoms with E-state index < -0.39 is 0 Å². The first-order valence-electron chi connectivity index (χ1n) is 9.96. The number of hydrogen-bond acceptors (Lipinski definition) is 4. The minimum atomic E-state index is -0.165. The SMILES string of the molecule is CC(C)OC(=O)N(C)[C@@H]1CCC(N2CCN(C3CCCC3)CC2)C1. The Balaban J connectivity index is 1.43. The molecule has 0 N–H and O–H groups in total. The number of amides is 1. The van der Waals surface area contributed by atoms with Crippen LogP contribution in [0.3, 0.4) is 0 Å². The van der Waals surface area contributed by atoms with E-state index >= 15 is 0 Å². The maximum Gasteiger partial charge on any atom is 0.410 e. The minimum Gasteiger partial charge on any atom is -0.447 e. The van der Waals surface area contributed by atoms with Crippen LogP contribution < -0.4 is 0 Å². The molecular weight excluding hydrogens is 302 g/mol. The molecule has 2 saturated carbocycles. The molecule has 1 amide bonds. The summed E-state index contributed by atoms with van der Waals surface area (Å²) in [5, 5.41) is 0. The van der Waals surface area contributed by atoms with E-state index in [2.05, 4.69) is 9.80 Å². The van der Waals surface area contributed by atoms with Crippen LogP contribution in [0.1, 0.15) is 58.8 Å². The number of ether oxygens (including phenoxy) is 1. The summed E-state index contributed by atoms with van der Waals surface area (Å²) in [4.78, 5) is 19.3. The second-order valence-corrected chi connectivity index (χ2v) is 8.17. The number of carbonyl (C=O) groups is 1. The Morgan fingerprint density at radius 1 is 0.958 bits per heavy atom. The Bertz CT molecular complexity index is 415. The van der Waals surface area contributed by atoms with E-state index in [1.807, 2.05) is 25.8 Å². The summed E-state index contributed by atoms with van der Waals surface area (Å²) >= 11 is 0. The van der Waals surface area contributed by atoms with Crippen molar-refractivity contribution in [1.82, 2.24) is 14.7 Å². The van der Waals surface area contributed by atoms with Crippen LogP contribution in [0, 0.1) is 0 Å². The lowest BCUT2D eigenvalue weighted by atomic mass is 10.1. The fourth-order valence-corrected chi connectivity index (χ4v) is 4.79. The molecule has 2 aliphatic carbocycles. The van der Waals surface area contributed by atoms with Gasteiger partial charge in [0.15, 0.2) is 0 Å². The van der Waals surface area contributed by atoms with Crippen molar-refractivity contribution in [2.24, 2.45) is 0 Å². The van der Waals surface area contributed by atoms with E-state index in [1.165, 1.54) is 58.3 Å². The molecule has 0 aromatic heterocycles. The monoisotopic (exact) mass is 337 g/mol. The third kappa shape index (κ3) is 4.23. The first-order valence-corrected chi connectivity index (χ1v) is 9.96. The summed E-state index contributed by atoms with van der Waals surface area (Å²) in [6.45, 7) is 8.69. The highest BCUT2D eigenvalue weighted by atomic mass is 16.6. The molecule has 0 aromatic carbocycles. The molecule has 0 bridgehead atoms. The van der Waals surface area contributed by atoms with Crippen molar-refractivity contribution in [3.63, 3.8) is 0 Å². The van der Waals surface area contributed by atoms with Crippen molar-refractivity contribution in [2.75, 3.05) is 33.2 Å². The fraction of sp³-hybridized carbons (Fsp3) is 0.947. The van der Waals surface area contributed by atoms with Crippen LogP contribution in [0.2, 0.25) is 0 Å². The zero-order valence-electron chi connectivity index (χ0n) is 15.7. The van der Waals surface area contributed by atoms with Gasteiger partial charge in [0.1, 0.15) is 0 Å². The van der Waals surface area contributed by atoms with Crippen molar-refractivity contribution in [2.45, 2.75) is 83.0 Å². The summed E-state index contributed by atoms with van der Waals surface area (Å²) in [7, 11) is 1.90. The Labute approximate surface area is 147 Å². The first kappa shape index (κ1) is 18.0. The second-order valence-electron chi connectivity index (χ2n) is 8.17. The van der Waals surface area contributed by atoms with Gasteiger partial charge in [-0.05, 0) is 46.0 Å². The molecule has 3 fully saturated rings. The highest BCUT2D eigenvalue weighted by Gasteiger charge is 2.35. The third-order valence-corrected chi connectivity index (χ3v) is 6.26. The van der Waals surface area contributed by atoms with Gasteiger partial charge in [-0.1, -0.05) is 12.8 Å². The zero-order valence-corrected chi connectivity index (χ0v) is 15.7. The Morgan fingerprint density at radius 3 is 2.12 bits per heavy atom. The summed E-state index contributed by atoms with van der Waals surface area (Å²) in [5.74, 6) is 0. The molecule has 5 nitrogen and oxygen atoms in total. The standard InChI is InChI=1S/C19H35N3O2/c1-15(2)24-19(23)20(3)17-8-9-18(14-17)22-12-10-21(11-13-22)16-6-4-5-7-16/h15-18H,4-14H2,1-3H3/t17-,18?/m1/s1. The molecule has 3 aliphatic rings. The topological polar surface area (TPSA) is 36.0 Å². The van der Waals surface area contributed by atoms with E-state index in [4.69, 9.17) is 4.74 Å². The molecule has 5 heteroatoms. The molecule has 0 aromatic rings. The molecule has 138 valence electrons. The van der Waals surface area contributed by atoms with Crippen molar-refractivity contribution < 1.29 is 9.53 Å². The van der Waals surface area contributed by atoms with E-state index in [0.29, 0.717) is 12.1 Å².